The molecule has 16 heavy (non-hydrogen) atoms. The molecule has 1 aromatic rings. The Balaban J connectivity index is 2.06. The number of halogens is 1. The summed E-state index contributed by atoms with van der Waals surface area (Å²) in [6.45, 7) is 0. The number of Topliss-reactive ketones (excluding diaryl/α,β-unsaturated/α-hetero) is 1. The molecule has 1 aliphatic rings. The summed E-state index contributed by atoms with van der Waals surface area (Å²) in [4.78, 5) is 11.1. The zero-order valence-corrected chi connectivity index (χ0v) is 9.08. The van der Waals surface area contributed by atoms with Gasteiger partial charge in [0.25, 0.3) is 0 Å². The molecule has 0 amide bonds. The number of hydrogen-bond acceptors (Lipinski definition) is 2. The van der Waals surface area contributed by atoms with Crippen LogP contribution in [0.25, 0.3) is 0 Å². The number of carbonyl (C=O) groups is 1. The zero-order valence-electron chi connectivity index (χ0n) is 9.08. The normalized spacial score (nSPS) is 19.8. The first-order valence-electron chi connectivity index (χ1n) is 5.56. The molecule has 1 aliphatic carbocycles. The van der Waals surface area contributed by atoms with Crippen LogP contribution in [0.4, 0.5) is 4.39 Å². The van der Waals surface area contributed by atoms with Crippen molar-refractivity contribution in [2.24, 2.45) is 0 Å². The molecule has 1 saturated carbocycles. The highest BCUT2D eigenvalue weighted by molar-refractivity contribution is 5.79. The largest absolute Gasteiger partial charge is 0.390 e. The van der Waals surface area contributed by atoms with Crippen molar-refractivity contribution in [3.63, 3.8) is 0 Å². The lowest BCUT2D eigenvalue weighted by Gasteiger charge is -2.31. The predicted octanol–water partition coefficient (Wildman–Crippen LogP) is 2.24. The molecule has 0 radical (unpaired) electrons. The summed E-state index contributed by atoms with van der Waals surface area (Å²) < 4.78 is 13.0. The lowest BCUT2D eigenvalue weighted by atomic mass is 9.80. The molecular formula is C13H15FO2. The first kappa shape index (κ1) is 11.3. The summed E-state index contributed by atoms with van der Waals surface area (Å²) >= 11 is 0. The second kappa shape index (κ2) is 4.34. The Kier molecular flexibility index (Phi) is 3.06. The Labute approximate surface area is 94.1 Å². The molecule has 0 atom stereocenters. The lowest BCUT2D eigenvalue weighted by Crippen LogP contribution is -2.36. The van der Waals surface area contributed by atoms with E-state index in [4.69, 9.17) is 0 Å². The fourth-order valence-corrected chi connectivity index (χ4v) is 2.20. The molecule has 1 fully saturated rings. The molecule has 0 aromatic heterocycles. The molecule has 0 unspecified atom stereocenters. The summed E-state index contributed by atoms with van der Waals surface area (Å²) in [7, 11) is 0. The van der Waals surface area contributed by atoms with Crippen LogP contribution in [0.3, 0.4) is 0 Å². The number of aliphatic hydroxyl groups is 1. The second-order valence-electron chi connectivity index (χ2n) is 4.57. The van der Waals surface area contributed by atoms with Crippen molar-refractivity contribution in [3.8, 4) is 0 Å². The van der Waals surface area contributed by atoms with Gasteiger partial charge in [0, 0.05) is 19.3 Å². The van der Waals surface area contributed by atoms with Crippen LogP contribution in [0.1, 0.15) is 31.2 Å². The van der Waals surface area contributed by atoms with E-state index in [2.05, 4.69) is 0 Å². The van der Waals surface area contributed by atoms with Crippen LogP contribution in [0.5, 0.6) is 0 Å². The van der Waals surface area contributed by atoms with Crippen LogP contribution in [0.15, 0.2) is 24.3 Å². The lowest BCUT2D eigenvalue weighted by molar-refractivity contribution is -0.125. The van der Waals surface area contributed by atoms with Gasteiger partial charge in [0.2, 0.25) is 0 Å². The highest BCUT2D eigenvalue weighted by Gasteiger charge is 2.32. The van der Waals surface area contributed by atoms with Crippen LogP contribution in [0, 0.1) is 5.82 Å². The number of ketones is 1. The number of hydrogen-bond donors (Lipinski definition) is 1. The minimum absolute atomic E-state index is 0.212. The number of carbonyl (C=O) groups excluding carboxylic acids is 1. The third-order valence-electron chi connectivity index (χ3n) is 3.16. The fraction of sp³-hybridized carbons (Fsp3) is 0.462. The summed E-state index contributed by atoms with van der Waals surface area (Å²) in [6, 6.07) is 6.27. The maximum atomic E-state index is 13.0. The predicted molar refractivity (Wildman–Crippen MR) is 58.5 cm³/mol. The second-order valence-corrected chi connectivity index (χ2v) is 4.57. The Morgan fingerprint density at radius 3 is 2.62 bits per heavy atom. The van der Waals surface area contributed by atoms with Gasteiger partial charge in [0.1, 0.15) is 11.6 Å². The topological polar surface area (TPSA) is 37.3 Å². The molecule has 0 aliphatic heterocycles. The molecule has 0 heterocycles. The molecular weight excluding hydrogens is 207 g/mol. The van der Waals surface area contributed by atoms with Crippen LogP contribution >= 0.6 is 0 Å². The van der Waals surface area contributed by atoms with Gasteiger partial charge >= 0.3 is 0 Å². The maximum absolute atomic E-state index is 13.0. The van der Waals surface area contributed by atoms with Gasteiger partial charge in [0.05, 0.1) is 5.60 Å². The standard InChI is InChI=1S/C13H15FO2/c14-11-3-1-2-10(8-11)9-13(16)6-4-12(15)5-7-13/h1-3,8,16H,4-7,9H2. The molecule has 0 spiro atoms. The Hall–Kier alpha value is -1.22. The van der Waals surface area contributed by atoms with Gasteiger partial charge in [-0.05, 0) is 30.5 Å². The van der Waals surface area contributed by atoms with E-state index in [-0.39, 0.29) is 11.6 Å². The van der Waals surface area contributed by atoms with Crippen molar-refractivity contribution in [1.82, 2.24) is 0 Å². The highest BCUT2D eigenvalue weighted by atomic mass is 19.1. The molecule has 2 rings (SSSR count). The first-order chi connectivity index (χ1) is 7.57. The minimum atomic E-state index is -0.832. The van der Waals surface area contributed by atoms with Crippen molar-refractivity contribution < 1.29 is 14.3 Å². The van der Waals surface area contributed by atoms with Crippen molar-refractivity contribution >= 4 is 5.78 Å². The van der Waals surface area contributed by atoms with Gasteiger partial charge < -0.3 is 5.11 Å². The third-order valence-corrected chi connectivity index (χ3v) is 3.16. The van der Waals surface area contributed by atoms with Crippen LogP contribution < -0.4 is 0 Å². The Morgan fingerprint density at radius 1 is 1.31 bits per heavy atom. The van der Waals surface area contributed by atoms with E-state index < -0.39 is 5.60 Å². The van der Waals surface area contributed by atoms with Gasteiger partial charge in [-0.1, -0.05) is 12.1 Å². The van der Waals surface area contributed by atoms with Crippen LogP contribution in [-0.4, -0.2) is 16.5 Å². The Morgan fingerprint density at radius 2 is 2.00 bits per heavy atom. The van der Waals surface area contributed by atoms with Crippen LogP contribution in [-0.2, 0) is 11.2 Å². The first-order valence-corrected chi connectivity index (χ1v) is 5.56. The van der Waals surface area contributed by atoms with Crippen molar-refractivity contribution in [2.75, 3.05) is 0 Å². The third kappa shape index (κ3) is 2.67. The van der Waals surface area contributed by atoms with E-state index in [0.29, 0.717) is 32.1 Å². The average molecular weight is 222 g/mol. The van der Waals surface area contributed by atoms with Gasteiger partial charge in [-0.25, -0.2) is 4.39 Å². The summed E-state index contributed by atoms with van der Waals surface area (Å²) in [5.41, 5.74) is -0.0429. The highest BCUT2D eigenvalue weighted by Crippen LogP contribution is 2.29. The van der Waals surface area contributed by atoms with Crippen molar-refractivity contribution in [2.45, 2.75) is 37.7 Å². The molecule has 3 heteroatoms. The number of benzene rings is 1. The summed E-state index contributed by atoms with van der Waals surface area (Å²) in [5.74, 6) is -0.0723. The summed E-state index contributed by atoms with van der Waals surface area (Å²) in [6.07, 6.45) is 2.28. The van der Waals surface area contributed by atoms with E-state index in [1.165, 1.54) is 12.1 Å². The van der Waals surface area contributed by atoms with Gasteiger partial charge in [-0.2, -0.15) is 0 Å². The Bertz CT molecular complexity index is 391. The van der Waals surface area contributed by atoms with Gasteiger partial charge in [-0.3, -0.25) is 4.79 Å². The van der Waals surface area contributed by atoms with E-state index in [1.54, 1.807) is 12.1 Å². The van der Waals surface area contributed by atoms with E-state index in [1.807, 2.05) is 0 Å². The summed E-state index contributed by atoms with van der Waals surface area (Å²) in [5, 5.41) is 10.3. The molecule has 1 aromatic carbocycles. The van der Waals surface area contributed by atoms with E-state index in [0.717, 1.165) is 5.56 Å². The average Bonchev–Trinajstić information content (AvgIpc) is 2.23. The molecule has 86 valence electrons. The van der Waals surface area contributed by atoms with E-state index in [9.17, 15) is 14.3 Å². The quantitative estimate of drug-likeness (QED) is 0.833. The van der Waals surface area contributed by atoms with E-state index >= 15 is 0 Å². The molecule has 1 N–H and O–H groups in total. The van der Waals surface area contributed by atoms with Crippen molar-refractivity contribution in [1.29, 1.82) is 0 Å². The molecule has 0 bridgehead atoms. The molecule has 2 nitrogen and oxygen atoms in total. The van der Waals surface area contributed by atoms with Gasteiger partial charge in [0.15, 0.2) is 0 Å². The SMILES string of the molecule is O=C1CCC(O)(Cc2cccc(F)c2)CC1. The zero-order chi connectivity index (χ0) is 11.6. The monoisotopic (exact) mass is 222 g/mol. The van der Waals surface area contributed by atoms with Gasteiger partial charge in [-0.15, -0.1) is 0 Å². The number of rotatable bonds is 2. The molecule has 0 saturated heterocycles. The maximum Gasteiger partial charge on any atom is 0.133 e. The smallest absolute Gasteiger partial charge is 0.133 e. The van der Waals surface area contributed by atoms with Crippen molar-refractivity contribution in [3.05, 3.63) is 35.6 Å². The fourth-order valence-electron chi connectivity index (χ4n) is 2.20. The minimum Gasteiger partial charge on any atom is -0.390 e. The van der Waals surface area contributed by atoms with Crippen LogP contribution in [0.2, 0.25) is 0 Å².